The zero-order valence-electron chi connectivity index (χ0n) is 31.1. The van der Waals surface area contributed by atoms with Crippen molar-refractivity contribution < 1.29 is 18.3 Å². The van der Waals surface area contributed by atoms with Gasteiger partial charge in [0.25, 0.3) is 0 Å². The van der Waals surface area contributed by atoms with Crippen LogP contribution in [0.1, 0.15) is 115 Å². The molecule has 6 aliphatic rings. The molecule has 0 bridgehead atoms. The highest BCUT2D eigenvalue weighted by atomic mass is 32.2. The van der Waals surface area contributed by atoms with Crippen molar-refractivity contribution in [2.75, 3.05) is 37.7 Å². The Morgan fingerprint density at radius 2 is 1.63 bits per heavy atom. The number of benzene rings is 1. The average molecular weight is 694 g/mol. The van der Waals surface area contributed by atoms with Gasteiger partial charge in [-0.2, -0.15) is 0 Å². The molecule has 5 aliphatic carbocycles. The molecule has 1 heterocycles. The van der Waals surface area contributed by atoms with Gasteiger partial charge >= 0.3 is 5.97 Å². The Morgan fingerprint density at radius 1 is 0.939 bits per heavy atom. The van der Waals surface area contributed by atoms with Gasteiger partial charge in [0.05, 0.1) is 17.1 Å². The van der Waals surface area contributed by atoms with E-state index in [2.05, 4.69) is 57.8 Å². The zero-order valence-corrected chi connectivity index (χ0v) is 31.9. The largest absolute Gasteiger partial charge is 0.478 e. The minimum Gasteiger partial charge on any atom is -0.478 e. The van der Waals surface area contributed by atoms with Crippen LogP contribution in [-0.2, 0) is 9.84 Å². The molecule has 0 spiro atoms. The molecule has 0 amide bonds. The third kappa shape index (κ3) is 5.51. The van der Waals surface area contributed by atoms with Crippen molar-refractivity contribution in [3.05, 3.63) is 41.5 Å². The van der Waals surface area contributed by atoms with Crippen molar-refractivity contribution in [1.29, 1.82) is 0 Å². The molecule has 1 saturated heterocycles. The van der Waals surface area contributed by atoms with Crippen LogP contribution in [0.25, 0.3) is 5.57 Å². The molecular weight excluding hydrogens is 631 g/mol. The molecule has 272 valence electrons. The van der Waals surface area contributed by atoms with Crippen LogP contribution in [-0.4, -0.2) is 73.7 Å². The average Bonchev–Trinajstić information content (AvgIpc) is 3.42. The maximum atomic E-state index is 12.0. The van der Waals surface area contributed by atoms with E-state index >= 15 is 0 Å². The summed E-state index contributed by atoms with van der Waals surface area (Å²) in [5.41, 5.74) is 10.7. The fraction of sp³-hybridized carbons (Fsp3) is 0.780. The summed E-state index contributed by atoms with van der Waals surface area (Å²) in [6.07, 6.45) is 13.6. The molecular formula is C41H63N3O4S. The number of rotatable bonds is 7. The van der Waals surface area contributed by atoms with Crippen molar-refractivity contribution in [2.24, 2.45) is 57.0 Å². The molecule has 0 radical (unpaired) electrons. The van der Waals surface area contributed by atoms with Gasteiger partial charge in [-0.25, -0.2) is 13.2 Å². The third-order valence-electron chi connectivity index (χ3n) is 16.5. The number of hydrogen-bond donors (Lipinski definition) is 3. The second kappa shape index (κ2) is 12.2. The molecule has 4 N–H and O–H groups in total. The quantitative estimate of drug-likeness (QED) is 0.286. The number of allylic oxidation sites excluding steroid dienone is 2. The van der Waals surface area contributed by atoms with Crippen LogP contribution in [0.15, 0.2) is 30.3 Å². The fourth-order valence-electron chi connectivity index (χ4n) is 13.9. The first kappa shape index (κ1) is 35.7. The Kier molecular flexibility index (Phi) is 8.85. The smallest absolute Gasteiger partial charge is 0.335 e. The van der Waals surface area contributed by atoms with Gasteiger partial charge in [0.15, 0.2) is 9.84 Å². The first-order valence-electron chi connectivity index (χ1n) is 19.5. The zero-order chi connectivity index (χ0) is 35.2. The van der Waals surface area contributed by atoms with E-state index < -0.39 is 15.8 Å². The second-order valence-corrected chi connectivity index (χ2v) is 21.1. The molecule has 1 aliphatic heterocycles. The summed E-state index contributed by atoms with van der Waals surface area (Å²) in [6, 6.07) is 7.76. The summed E-state index contributed by atoms with van der Waals surface area (Å²) in [6.45, 7) is 18.4. The monoisotopic (exact) mass is 693 g/mol. The van der Waals surface area contributed by atoms with Crippen LogP contribution in [0.5, 0.6) is 0 Å². The highest BCUT2D eigenvalue weighted by Crippen LogP contribution is 2.76. The number of nitrogens with zero attached hydrogens (tertiary/aromatic N) is 1. The van der Waals surface area contributed by atoms with Crippen LogP contribution < -0.4 is 11.1 Å². The molecule has 4 saturated carbocycles. The number of hydrogen-bond acceptors (Lipinski definition) is 6. The topological polar surface area (TPSA) is 113 Å². The SMILES string of the molecule is CC(N)C1CCC2(NCCN3CCS(=O)(=O)CC3)CCC3(C)C(CCC4C5(C)CC=C(c6ccc(C(=O)O)cc6)C(C)(C)C5CCC43C)C12. The normalized spacial score (nSPS) is 43.3. The fourth-order valence-corrected chi connectivity index (χ4v) is 15.1. The minimum absolute atomic E-state index is 0.00648. The number of nitrogens with one attached hydrogen (secondary N) is 1. The van der Waals surface area contributed by atoms with Crippen molar-refractivity contribution in [1.82, 2.24) is 10.2 Å². The molecule has 1 aromatic carbocycles. The van der Waals surface area contributed by atoms with Gasteiger partial charge in [0, 0.05) is 37.8 Å². The summed E-state index contributed by atoms with van der Waals surface area (Å²) in [5.74, 6) is 2.74. The number of carboxylic acids is 1. The van der Waals surface area contributed by atoms with Crippen molar-refractivity contribution >= 4 is 21.4 Å². The Balaban J connectivity index is 1.14. The lowest BCUT2D eigenvalue weighted by Crippen LogP contribution is -2.68. The molecule has 49 heavy (non-hydrogen) atoms. The summed E-state index contributed by atoms with van der Waals surface area (Å²) >= 11 is 0. The molecule has 5 fully saturated rings. The molecule has 7 rings (SSSR count). The molecule has 7 nitrogen and oxygen atoms in total. The van der Waals surface area contributed by atoms with Crippen LogP contribution in [0.2, 0.25) is 0 Å². The highest BCUT2D eigenvalue weighted by Gasteiger charge is 2.70. The first-order valence-corrected chi connectivity index (χ1v) is 21.3. The summed E-state index contributed by atoms with van der Waals surface area (Å²) in [4.78, 5) is 13.9. The van der Waals surface area contributed by atoms with Gasteiger partial charge < -0.3 is 21.1 Å². The van der Waals surface area contributed by atoms with E-state index in [1.165, 1.54) is 62.5 Å². The summed E-state index contributed by atoms with van der Waals surface area (Å²) in [7, 11) is -2.86. The number of carboxylic acid groups (broad SMARTS) is 1. The van der Waals surface area contributed by atoms with Gasteiger partial charge in [-0.3, -0.25) is 0 Å². The van der Waals surface area contributed by atoms with Crippen molar-refractivity contribution in [3.8, 4) is 0 Å². The Labute approximate surface area is 296 Å². The molecule has 1 aromatic rings. The van der Waals surface area contributed by atoms with Crippen molar-refractivity contribution in [3.63, 3.8) is 0 Å². The van der Waals surface area contributed by atoms with Gasteiger partial charge in [0.2, 0.25) is 0 Å². The van der Waals surface area contributed by atoms with Crippen LogP contribution >= 0.6 is 0 Å². The number of nitrogens with two attached hydrogens (primary N) is 1. The third-order valence-corrected chi connectivity index (χ3v) is 18.1. The minimum atomic E-state index is -2.86. The Morgan fingerprint density at radius 3 is 2.29 bits per heavy atom. The number of carbonyl (C=O) groups is 1. The lowest BCUT2D eigenvalue weighted by Gasteiger charge is -2.72. The second-order valence-electron chi connectivity index (χ2n) is 18.8. The summed E-state index contributed by atoms with van der Waals surface area (Å²) in [5, 5.41) is 13.7. The van der Waals surface area contributed by atoms with Crippen LogP contribution in [0, 0.1) is 51.2 Å². The molecule has 10 atom stereocenters. The van der Waals surface area contributed by atoms with Gasteiger partial charge in [-0.15, -0.1) is 0 Å². The highest BCUT2D eigenvalue weighted by molar-refractivity contribution is 7.91. The van der Waals surface area contributed by atoms with E-state index in [1.54, 1.807) is 12.1 Å². The van der Waals surface area contributed by atoms with Crippen LogP contribution in [0.3, 0.4) is 0 Å². The lowest BCUT2D eigenvalue weighted by atomic mass is 9.33. The van der Waals surface area contributed by atoms with Gasteiger partial charge in [-0.05, 0) is 139 Å². The summed E-state index contributed by atoms with van der Waals surface area (Å²) < 4.78 is 24.0. The maximum Gasteiger partial charge on any atom is 0.335 e. The Bertz CT molecular complexity index is 1570. The molecule has 0 aromatic heterocycles. The van der Waals surface area contributed by atoms with E-state index in [0.29, 0.717) is 59.7 Å². The van der Waals surface area contributed by atoms with Gasteiger partial charge in [-0.1, -0.05) is 52.8 Å². The van der Waals surface area contributed by atoms with E-state index in [9.17, 15) is 18.3 Å². The van der Waals surface area contributed by atoms with E-state index in [1.807, 2.05) is 12.1 Å². The first-order chi connectivity index (χ1) is 23.0. The van der Waals surface area contributed by atoms with Gasteiger partial charge in [0.1, 0.15) is 0 Å². The molecule has 8 heteroatoms. The predicted molar refractivity (Wildman–Crippen MR) is 198 cm³/mol. The standard InChI is InChI=1S/C41H63N3O4S/c1-27(42)30-13-18-41(43-21-22-44-23-25-49(47,48)26-24-44)20-19-39(5)32(35(30)41)11-12-34-38(4)16-14-31(28-7-9-29(10-8-28)36(45)46)37(2,3)33(38)15-17-40(34,39)6/h7-10,14,27,30,32-35,43H,11-13,15-26,42H2,1-6H3,(H,45,46). The number of fused-ring (bicyclic) bond motifs is 7. The van der Waals surface area contributed by atoms with Crippen molar-refractivity contribution in [2.45, 2.75) is 111 Å². The Hall–Kier alpha value is -1.74. The van der Waals surface area contributed by atoms with E-state index in [0.717, 1.165) is 19.5 Å². The molecule has 10 unspecified atom stereocenters. The number of aromatic carboxylic acids is 1. The van der Waals surface area contributed by atoms with E-state index in [4.69, 9.17) is 5.73 Å². The number of sulfone groups is 1. The van der Waals surface area contributed by atoms with E-state index in [-0.39, 0.29) is 33.2 Å². The maximum absolute atomic E-state index is 12.0. The lowest BCUT2D eigenvalue weighted by molar-refractivity contribution is -0.220. The van der Waals surface area contributed by atoms with Crippen LogP contribution in [0.4, 0.5) is 0 Å². The predicted octanol–water partition coefficient (Wildman–Crippen LogP) is 6.88.